The third kappa shape index (κ3) is 5.36. The first-order chi connectivity index (χ1) is 18.1. The minimum Gasteiger partial charge on any atom is -0.490 e. The molecular weight excluding hydrogens is 471 g/mol. The monoisotopic (exact) mass is 504 g/mol. The predicted octanol–water partition coefficient (Wildman–Crippen LogP) is 3.21. The number of hydrogen-bond acceptors (Lipinski definition) is 7. The number of aromatic nitrogens is 5. The van der Waals surface area contributed by atoms with E-state index in [1.807, 2.05) is 35.4 Å². The summed E-state index contributed by atoms with van der Waals surface area (Å²) in [6.45, 7) is 6.08. The summed E-state index contributed by atoms with van der Waals surface area (Å²) in [5, 5.41) is 5.59. The van der Waals surface area contributed by atoms with Crippen molar-refractivity contribution in [1.82, 2.24) is 34.5 Å². The van der Waals surface area contributed by atoms with Crippen LogP contribution in [-0.2, 0) is 6.54 Å². The van der Waals surface area contributed by atoms with E-state index >= 15 is 0 Å². The van der Waals surface area contributed by atoms with Gasteiger partial charge in [-0.15, -0.1) is 0 Å². The van der Waals surface area contributed by atoms with Crippen LogP contribution >= 0.6 is 0 Å². The highest BCUT2D eigenvalue weighted by atomic mass is 19.1. The number of likely N-dealkylation sites (tertiary alicyclic amines) is 2. The van der Waals surface area contributed by atoms with Gasteiger partial charge >= 0.3 is 0 Å². The van der Waals surface area contributed by atoms with E-state index in [4.69, 9.17) is 10.5 Å². The maximum atomic E-state index is 14.2. The number of nitrogens with zero attached hydrogens (tertiary/aromatic N) is 6. The van der Waals surface area contributed by atoms with Crippen molar-refractivity contribution >= 4 is 11.0 Å². The molecule has 194 valence electrons. The number of ether oxygens (including phenoxy) is 1. The van der Waals surface area contributed by atoms with Crippen molar-refractivity contribution in [3.63, 3.8) is 0 Å². The van der Waals surface area contributed by atoms with Crippen LogP contribution in [0.4, 0.5) is 4.39 Å². The molecule has 2 aliphatic rings. The molecule has 6 rings (SSSR count). The van der Waals surface area contributed by atoms with Gasteiger partial charge < -0.3 is 20.4 Å². The Bertz CT molecular complexity index is 1340. The molecule has 0 bridgehead atoms. The fourth-order valence-electron chi connectivity index (χ4n) is 5.31. The lowest BCUT2D eigenvalue weighted by molar-refractivity contribution is 0.0911. The van der Waals surface area contributed by atoms with E-state index in [2.05, 4.69) is 29.9 Å². The van der Waals surface area contributed by atoms with Gasteiger partial charge in [0.1, 0.15) is 29.6 Å². The second-order valence-corrected chi connectivity index (χ2v) is 10.1. The maximum Gasteiger partial charge on any atom is 0.141 e. The van der Waals surface area contributed by atoms with E-state index < -0.39 is 0 Å². The summed E-state index contributed by atoms with van der Waals surface area (Å²) in [5.41, 5.74) is 9.76. The molecule has 10 heteroatoms. The lowest BCUT2D eigenvalue weighted by Crippen LogP contribution is -2.42. The average Bonchev–Trinajstić information content (AvgIpc) is 3.55. The van der Waals surface area contributed by atoms with Crippen molar-refractivity contribution in [2.75, 3.05) is 39.3 Å². The van der Waals surface area contributed by atoms with Crippen LogP contribution in [0.5, 0.6) is 5.75 Å². The van der Waals surface area contributed by atoms with Crippen molar-refractivity contribution in [2.24, 2.45) is 5.73 Å². The first-order valence-corrected chi connectivity index (χ1v) is 13.1. The predicted molar refractivity (Wildman–Crippen MR) is 140 cm³/mol. The smallest absolute Gasteiger partial charge is 0.141 e. The summed E-state index contributed by atoms with van der Waals surface area (Å²) in [6.07, 6.45) is 10.4. The van der Waals surface area contributed by atoms with Crippen LogP contribution in [-0.4, -0.2) is 79.9 Å². The highest BCUT2D eigenvalue weighted by Gasteiger charge is 2.24. The van der Waals surface area contributed by atoms with Crippen LogP contribution in [0.3, 0.4) is 0 Å². The van der Waals surface area contributed by atoms with Crippen molar-refractivity contribution in [1.29, 1.82) is 0 Å². The zero-order chi connectivity index (χ0) is 25.2. The Balaban J connectivity index is 1.05. The molecule has 4 aromatic rings. The van der Waals surface area contributed by atoms with Gasteiger partial charge in [0.25, 0.3) is 0 Å². The highest BCUT2D eigenvalue weighted by Crippen LogP contribution is 2.26. The van der Waals surface area contributed by atoms with Crippen molar-refractivity contribution in [3.8, 4) is 17.0 Å². The van der Waals surface area contributed by atoms with E-state index in [1.165, 1.54) is 12.5 Å². The number of nitrogens with two attached hydrogens (primary N) is 1. The van der Waals surface area contributed by atoms with Gasteiger partial charge in [-0.3, -0.25) is 9.58 Å². The Kier molecular flexibility index (Phi) is 6.86. The highest BCUT2D eigenvalue weighted by molar-refractivity contribution is 5.89. The number of aromatic amines is 1. The summed E-state index contributed by atoms with van der Waals surface area (Å²) in [7, 11) is 0. The van der Waals surface area contributed by atoms with Crippen LogP contribution < -0.4 is 10.5 Å². The third-order valence-corrected chi connectivity index (χ3v) is 7.47. The minimum atomic E-state index is -0.228. The molecule has 2 saturated heterocycles. The van der Waals surface area contributed by atoms with Gasteiger partial charge in [-0.25, -0.2) is 14.4 Å². The second-order valence-electron chi connectivity index (χ2n) is 10.1. The Morgan fingerprint density at radius 1 is 1.11 bits per heavy atom. The maximum absolute atomic E-state index is 14.2. The molecule has 5 heterocycles. The number of nitrogens with one attached hydrogen (secondary N) is 1. The standard InChI is InChI=1S/C27H33FN8O/c28-21-10-19(15-34-6-1-7-34)11-24(12-21)37-23-3-8-35(9-4-23)17-22(13-29)36-16-20(14-33-36)26-25-2-5-30-27(25)32-18-31-26/h2,5,10-12,14,16,18,22-23H,1,3-4,6-9,13,15,17,29H2,(H,30,31,32). The fraction of sp³-hybridized carbons (Fsp3) is 0.444. The molecule has 2 aliphatic heterocycles. The van der Waals surface area contributed by atoms with Crippen molar-refractivity contribution in [3.05, 3.63) is 60.6 Å². The summed E-state index contributed by atoms with van der Waals surface area (Å²) >= 11 is 0. The molecule has 0 saturated carbocycles. The molecule has 3 N–H and O–H groups in total. The summed E-state index contributed by atoms with van der Waals surface area (Å²) in [6, 6.07) is 7.15. The molecule has 0 radical (unpaired) electrons. The van der Waals surface area contributed by atoms with Gasteiger partial charge in [0.2, 0.25) is 0 Å². The zero-order valence-electron chi connectivity index (χ0n) is 20.9. The van der Waals surface area contributed by atoms with Gasteiger partial charge in [-0.2, -0.15) is 5.10 Å². The van der Waals surface area contributed by atoms with Gasteiger partial charge in [-0.1, -0.05) is 0 Å². The number of rotatable bonds is 9. The number of benzene rings is 1. The zero-order valence-corrected chi connectivity index (χ0v) is 20.9. The Labute approximate surface area is 215 Å². The first-order valence-electron chi connectivity index (χ1n) is 13.1. The van der Waals surface area contributed by atoms with Gasteiger partial charge in [-0.05, 0) is 56.1 Å². The number of fused-ring (bicyclic) bond motifs is 1. The number of H-pyrrole nitrogens is 1. The summed E-state index contributed by atoms with van der Waals surface area (Å²) < 4.78 is 22.4. The van der Waals surface area contributed by atoms with E-state index in [0.717, 1.165) is 80.0 Å². The molecule has 0 aliphatic carbocycles. The SMILES string of the molecule is NCC(CN1CCC(Oc2cc(F)cc(CN3CCC3)c2)CC1)n1cc(-c2ncnc3[nH]ccc23)cn1. The average molecular weight is 505 g/mol. The van der Waals surface area contributed by atoms with Crippen LogP contribution in [0.25, 0.3) is 22.3 Å². The van der Waals surface area contributed by atoms with Gasteiger partial charge in [0.15, 0.2) is 0 Å². The molecule has 37 heavy (non-hydrogen) atoms. The molecule has 3 aromatic heterocycles. The van der Waals surface area contributed by atoms with Crippen LogP contribution in [0.1, 0.15) is 30.9 Å². The quantitative estimate of drug-likeness (QED) is 0.361. The Morgan fingerprint density at radius 3 is 2.76 bits per heavy atom. The molecule has 9 nitrogen and oxygen atoms in total. The molecule has 2 fully saturated rings. The van der Waals surface area contributed by atoms with Gasteiger partial charge in [0, 0.05) is 62.1 Å². The summed E-state index contributed by atoms with van der Waals surface area (Å²) in [4.78, 5) is 16.6. The van der Waals surface area contributed by atoms with Gasteiger partial charge in [0.05, 0.1) is 17.9 Å². The molecule has 0 amide bonds. The fourth-order valence-corrected chi connectivity index (χ4v) is 5.31. The lowest BCUT2D eigenvalue weighted by Gasteiger charge is -2.34. The summed E-state index contributed by atoms with van der Waals surface area (Å²) in [5.74, 6) is 0.410. The van der Waals surface area contributed by atoms with E-state index in [0.29, 0.717) is 12.3 Å². The normalized spacial score (nSPS) is 18.2. The first kappa shape index (κ1) is 24.0. The van der Waals surface area contributed by atoms with E-state index in [9.17, 15) is 4.39 Å². The van der Waals surface area contributed by atoms with Crippen molar-refractivity contribution in [2.45, 2.75) is 38.0 Å². The Morgan fingerprint density at radius 2 is 1.97 bits per heavy atom. The minimum absolute atomic E-state index is 0.0575. The molecule has 1 atom stereocenters. The largest absolute Gasteiger partial charge is 0.490 e. The third-order valence-electron chi connectivity index (χ3n) is 7.47. The van der Waals surface area contributed by atoms with Crippen LogP contribution in [0.15, 0.2) is 49.2 Å². The number of halogens is 1. The second kappa shape index (κ2) is 10.6. The lowest BCUT2D eigenvalue weighted by atomic mass is 10.1. The van der Waals surface area contributed by atoms with E-state index in [-0.39, 0.29) is 18.0 Å². The Hall–Kier alpha value is -3.34. The topological polar surface area (TPSA) is 101 Å². The van der Waals surface area contributed by atoms with E-state index in [1.54, 1.807) is 12.4 Å². The molecule has 0 spiro atoms. The number of hydrogen-bond donors (Lipinski definition) is 2. The molecule has 1 unspecified atom stereocenters. The molecule has 1 aromatic carbocycles. The van der Waals surface area contributed by atoms with Crippen molar-refractivity contribution < 1.29 is 9.13 Å². The molecular formula is C27H33FN8O. The number of piperidine rings is 1. The van der Waals surface area contributed by atoms with Crippen LogP contribution in [0, 0.1) is 5.82 Å². The van der Waals surface area contributed by atoms with Crippen LogP contribution in [0.2, 0.25) is 0 Å².